The van der Waals surface area contributed by atoms with Crippen molar-refractivity contribution in [1.29, 1.82) is 0 Å². The van der Waals surface area contributed by atoms with Gasteiger partial charge in [-0.15, -0.1) is 0 Å². The summed E-state index contributed by atoms with van der Waals surface area (Å²) < 4.78 is 17.6. The number of rotatable bonds is 5. The van der Waals surface area contributed by atoms with Gasteiger partial charge in [-0.1, -0.05) is 12.1 Å². The molecular formula is C21H24BN5O4. The van der Waals surface area contributed by atoms with Crippen LogP contribution in [0.5, 0.6) is 5.75 Å². The van der Waals surface area contributed by atoms with Crippen LogP contribution in [-0.2, 0) is 9.31 Å². The number of nitrogens with one attached hydrogen (secondary N) is 2. The summed E-state index contributed by atoms with van der Waals surface area (Å²) in [6.45, 7) is 7.93. The van der Waals surface area contributed by atoms with Crippen LogP contribution in [-0.4, -0.2) is 51.5 Å². The van der Waals surface area contributed by atoms with Crippen molar-refractivity contribution in [2.45, 2.75) is 38.9 Å². The second-order valence-corrected chi connectivity index (χ2v) is 8.24. The van der Waals surface area contributed by atoms with Gasteiger partial charge in [0.1, 0.15) is 23.6 Å². The third kappa shape index (κ3) is 4.04. The molecule has 1 amide bonds. The minimum absolute atomic E-state index is 0.349. The molecule has 1 fully saturated rings. The fourth-order valence-electron chi connectivity index (χ4n) is 3.18. The van der Waals surface area contributed by atoms with Crippen molar-refractivity contribution in [2.24, 2.45) is 0 Å². The molecule has 0 radical (unpaired) electrons. The molecule has 4 rings (SSSR count). The normalized spacial score (nSPS) is 16.9. The Labute approximate surface area is 180 Å². The van der Waals surface area contributed by atoms with Gasteiger partial charge in [-0.3, -0.25) is 9.89 Å². The van der Waals surface area contributed by atoms with E-state index in [4.69, 9.17) is 14.0 Å². The van der Waals surface area contributed by atoms with Crippen molar-refractivity contribution in [3.05, 3.63) is 48.3 Å². The number of methoxy groups -OCH3 is 1. The molecule has 1 aromatic carbocycles. The van der Waals surface area contributed by atoms with Crippen molar-refractivity contribution in [3.8, 4) is 17.3 Å². The van der Waals surface area contributed by atoms with Gasteiger partial charge in [0.2, 0.25) is 0 Å². The lowest BCUT2D eigenvalue weighted by Gasteiger charge is -2.32. The Morgan fingerprint density at radius 1 is 1.13 bits per heavy atom. The average Bonchev–Trinajstić information content (AvgIpc) is 3.34. The van der Waals surface area contributed by atoms with Gasteiger partial charge in [0.15, 0.2) is 5.82 Å². The minimum atomic E-state index is -0.588. The number of aromatic nitrogens is 4. The lowest BCUT2D eigenvalue weighted by atomic mass is 9.78. The molecule has 0 atom stereocenters. The van der Waals surface area contributed by atoms with E-state index >= 15 is 0 Å². The summed E-state index contributed by atoms with van der Waals surface area (Å²) in [5.41, 5.74) is 0.679. The van der Waals surface area contributed by atoms with Gasteiger partial charge in [0.05, 0.1) is 23.9 Å². The average molecular weight is 421 g/mol. The summed E-state index contributed by atoms with van der Waals surface area (Å²) in [5.74, 6) is 0.958. The monoisotopic (exact) mass is 421 g/mol. The fraction of sp³-hybridized carbons (Fsp3) is 0.333. The molecule has 0 unspecified atom stereocenters. The largest absolute Gasteiger partial charge is 0.496 e. The number of H-pyrrole nitrogens is 1. The quantitative estimate of drug-likeness (QED) is 0.609. The molecule has 0 spiro atoms. The summed E-state index contributed by atoms with van der Waals surface area (Å²) in [6, 6.07) is 10.5. The van der Waals surface area contributed by atoms with E-state index in [1.807, 2.05) is 33.8 Å². The van der Waals surface area contributed by atoms with Gasteiger partial charge in [0, 0.05) is 0 Å². The van der Waals surface area contributed by atoms with Crippen molar-refractivity contribution >= 4 is 24.3 Å². The van der Waals surface area contributed by atoms with Gasteiger partial charge >= 0.3 is 7.12 Å². The maximum absolute atomic E-state index is 13.1. The molecule has 160 valence electrons. The SMILES string of the molecule is COc1ccc(B2OC(C)(C)C(C)(C)O2)cc1C(=O)Nc1cccc(-c2ncn[nH]2)n1. The van der Waals surface area contributed by atoms with Crippen LogP contribution in [0.2, 0.25) is 0 Å². The van der Waals surface area contributed by atoms with Crippen LogP contribution < -0.4 is 15.5 Å². The molecule has 31 heavy (non-hydrogen) atoms. The Hall–Kier alpha value is -3.24. The van der Waals surface area contributed by atoms with Crippen LogP contribution >= 0.6 is 0 Å². The molecule has 2 aromatic heterocycles. The highest BCUT2D eigenvalue weighted by Gasteiger charge is 2.51. The van der Waals surface area contributed by atoms with E-state index in [2.05, 4.69) is 25.5 Å². The maximum atomic E-state index is 13.1. The topological polar surface area (TPSA) is 111 Å². The van der Waals surface area contributed by atoms with E-state index in [0.717, 1.165) is 5.46 Å². The van der Waals surface area contributed by atoms with Crippen molar-refractivity contribution in [1.82, 2.24) is 20.2 Å². The molecule has 10 heteroatoms. The smallest absolute Gasteiger partial charge is 0.494 e. The number of amides is 1. The van der Waals surface area contributed by atoms with Crippen LogP contribution in [0.15, 0.2) is 42.7 Å². The number of nitrogens with zero attached hydrogens (tertiary/aromatic N) is 3. The zero-order chi connectivity index (χ0) is 22.2. The summed E-state index contributed by atoms with van der Waals surface area (Å²) in [5, 5.41) is 9.39. The number of hydrogen-bond acceptors (Lipinski definition) is 7. The number of benzene rings is 1. The first-order valence-corrected chi connectivity index (χ1v) is 9.88. The summed E-state index contributed by atoms with van der Waals surface area (Å²) >= 11 is 0. The van der Waals surface area contributed by atoms with Crippen molar-refractivity contribution < 1.29 is 18.8 Å². The summed E-state index contributed by atoms with van der Waals surface area (Å²) in [7, 11) is 0.930. The highest BCUT2D eigenvalue weighted by molar-refractivity contribution is 6.62. The minimum Gasteiger partial charge on any atom is -0.496 e. The van der Waals surface area contributed by atoms with Gasteiger partial charge in [0.25, 0.3) is 5.91 Å². The first kappa shape index (κ1) is 21.0. The first-order valence-electron chi connectivity index (χ1n) is 9.88. The van der Waals surface area contributed by atoms with Crippen LogP contribution in [0.25, 0.3) is 11.5 Å². The van der Waals surface area contributed by atoms with Crippen molar-refractivity contribution in [3.63, 3.8) is 0 Å². The predicted molar refractivity (Wildman–Crippen MR) is 116 cm³/mol. The second-order valence-electron chi connectivity index (χ2n) is 8.24. The zero-order valence-corrected chi connectivity index (χ0v) is 18.1. The molecule has 3 aromatic rings. The highest BCUT2D eigenvalue weighted by atomic mass is 16.7. The molecule has 1 aliphatic rings. The van der Waals surface area contributed by atoms with Gasteiger partial charge < -0.3 is 19.4 Å². The molecule has 0 saturated carbocycles. The molecular weight excluding hydrogens is 397 g/mol. The maximum Gasteiger partial charge on any atom is 0.494 e. The van der Waals surface area contributed by atoms with Crippen LogP contribution in [0.3, 0.4) is 0 Å². The van der Waals surface area contributed by atoms with E-state index in [1.165, 1.54) is 13.4 Å². The number of carbonyl (C=O) groups is 1. The van der Waals surface area contributed by atoms with E-state index in [-0.39, 0.29) is 5.91 Å². The number of aromatic amines is 1. The molecule has 3 heterocycles. The fourth-order valence-corrected chi connectivity index (χ4v) is 3.18. The number of carbonyl (C=O) groups excluding carboxylic acids is 1. The van der Waals surface area contributed by atoms with E-state index in [1.54, 1.807) is 30.3 Å². The van der Waals surface area contributed by atoms with E-state index < -0.39 is 18.3 Å². The zero-order valence-electron chi connectivity index (χ0n) is 18.1. The van der Waals surface area contributed by atoms with Crippen molar-refractivity contribution in [2.75, 3.05) is 12.4 Å². The number of hydrogen-bond donors (Lipinski definition) is 2. The molecule has 1 aliphatic heterocycles. The summed E-state index contributed by atoms with van der Waals surface area (Å²) in [4.78, 5) is 21.6. The van der Waals surface area contributed by atoms with Gasteiger partial charge in [-0.25, -0.2) is 9.97 Å². The molecule has 0 aliphatic carbocycles. The Morgan fingerprint density at radius 3 is 2.52 bits per heavy atom. The molecule has 2 N–H and O–H groups in total. The molecule has 0 bridgehead atoms. The lowest BCUT2D eigenvalue weighted by molar-refractivity contribution is 0.00578. The Balaban J connectivity index is 1.60. The predicted octanol–water partition coefficient (Wildman–Crippen LogP) is 2.43. The Morgan fingerprint density at radius 2 is 1.87 bits per heavy atom. The first-order chi connectivity index (χ1) is 14.7. The third-order valence-electron chi connectivity index (χ3n) is 5.64. The van der Waals surface area contributed by atoms with Gasteiger partial charge in [-0.05, 0) is 57.4 Å². The third-order valence-corrected chi connectivity index (χ3v) is 5.64. The Kier molecular flexibility index (Phi) is 5.28. The Bertz CT molecular complexity index is 1080. The lowest BCUT2D eigenvalue weighted by Crippen LogP contribution is -2.41. The summed E-state index contributed by atoms with van der Waals surface area (Å²) in [6.07, 6.45) is 1.40. The van der Waals surface area contributed by atoms with Crippen LogP contribution in [0.1, 0.15) is 38.1 Å². The van der Waals surface area contributed by atoms with Gasteiger partial charge in [-0.2, -0.15) is 5.10 Å². The second kappa shape index (κ2) is 7.79. The van der Waals surface area contributed by atoms with E-state index in [9.17, 15) is 4.79 Å². The number of anilines is 1. The number of pyridine rings is 1. The number of ether oxygens (including phenoxy) is 1. The van der Waals surface area contributed by atoms with Crippen LogP contribution in [0.4, 0.5) is 5.82 Å². The highest BCUT2D eigenvalue weighted by Crippen LogP contribution is 2.36. The standard InChI is InChI=1S/C21H24BN5O4/c1-20(2)21(3,4)31-22(30-20)13-9-10-16(29-5)14(11-13)19(28)26-17-8-6-7-15(25-17)18-23-12-24-27-18/h6-12H,1-5H3,(H,23,24,27)(H,25,26,28). The molecule has 9 nitrogen and oxygen atoms in total. The van der Waals surface area contributed by atoms with Crippen LogP contribution in [0, 0.1) is 0 Å². The van der Waals surface area contributed by atoms with E-state index in [0.29, 0.717) is 28.6 Å². The molecule has 1 saturated heterocycles.